The molecule has 0 heterocycles. The first-order valence-electron chi connectivity index (χ1n) is 12.0. The van der Waals surface area contributed by atoms with Gasteiger partial charge in [0.15, 0.2) is 0 Å². The van der Waals surface area contributed by atoms with E-state index in [0.717, 1.165) is 24.3 Å². The number of nitro groups is 2. The van der Waals surface area contributed by atoms with Gasteiger partial charge >= 0.3 is 17.8 Å². The summed E-state index contributed by atoms with van der Waals surface area (Å²) in [6, 6.07) is 6.26. The highest BCUT2D eigenvalue weighted by Gasteiger charge is 2.52. The molecule has 0 radical (unpaired) electrons. The Kier molecular flexibility index (Phi) is 12.2. The zero-order valence-corrected chi connectivity index (χ0v) is 23.8. The van der Waals surface area contributed by atoms with E-state index in [1.54, 1.807) is 12.5 Å². The number of quaternary nitrogens is 1. The monoisotopic (exact) mass is 609 g/mol. The van der Waals surface area contributed by atoms with Crippen LogP contribution in [0.5, 0.6) is 0 Å². The van der Waals surface area contributed by atoms with Gasteiger partial charge in [-0.25, -0.2) is 14.4 Å². The first-order chi connectivity index (χ1) is 19.4. The number of carbonyl (C=O) groups is 4. The van der Waals surface area contributed by atoms with Crippen LogP contribution < -0.4 is 9.80 Å². The lowest BCUT2D eigenvalue weighted by molar-refractivity contribution is -0.385. The maximum absolute atomic E-state index is 14.2. The minimum atomic E-state index is -1.56. The van der Waals surface area contributed by atoms with Gasteiger partial charge in [-0.15, -0.1) is 0 Å². The minimum absolute atomic E-state index is 0.0343. The first kappa shape index (κ1) is 33.2. The second kappa shape index (κ2) is 15.1. The quantitative estimate of drug-likeness (QED) is 0.108. The first-order valence-corrected chi connectivity index (χ1v) is 14.8. The summed E-state index contributed by atoms with van der Waals surface area (Å²) in [4.78, 5) is 72.8. The van der Waals surface area contributed by atoms with Gasteiger partial charge in [0.25, 0.3) is 11.4 Å². The summed E-state index contributed by atoms with van der Waals surface area (Å²) >= 11 is 2.66. The van der Waals surface area contributed by atoms with Crippen LogP contribution in [0.15, 0.2) is 48.5 Å². The van der Waals surface area contributed by atoms with Crippen molar-refractivity contribution in [2.45, 2.75) is 31.3 Å². The van der Waals surface area contributed by atoms with Crippen LogP contribution in [0.1, 0.15) is 19.3 Å². The Morgan fingerprint density at radius 3 is 1.61 bits per heavy atom. The van der Waals surface area contributed by atoms with Gasteiger partial charge in [0.05, 0.1) is 9.85 Å². The fourth-order valence-corrected chi connectivity index (χ4v) is 5.23. The molecule has 0 spiro atoms. The van der Waals surface area contributed by atoms with Crippen molar-refractivity contribution >= 4 is 70.0 Å². The number of carboxylic acids is 2. The average molecular weight is 610 g/mol. The Labute approximate surface area is 243 Å². The number of nitro benzene ring substituents is 2. The third-order valence-corrected chi connectivity index (χ3v) is 7.52. The molecule has 0 aliphatic rings. The van der Waals surface area contributed by atoms with Gasteiger partial charge in [0.2, 0.25) is 11.9 Å². The molecule has 2 aromatic carbocycles. The number of rotatable bonds is 16. The van der Waals surface area contributed by atoms with E-state index in [4.69, 9.17) is 0 Å². The number of non-ortho nitro benzene ring substituents is 2. The van der Waals surface area contributed by atoms with E-state index < -0.39 is 56.6 Å². The number of amides is 2. The molecule has 0 unspecified atom stereocenters. The number of benzene rings is 2. The largest absolute Gasteiger partial charge is 0.480 e. The van der Waals surface area contributed by atoms with Crippen molar-refractivity contribution in [3.8, 4) is 0 Å². The van der Waals surface area contributed by atoms with E-state index in [9.17, 15) is 49.6 Å². The fourth-order valence-electron chi connectivity index (χ4n) is 4.30. The van der Waals surface area contributed by atoms with Crippen LogP contribution in [-0.4, -0.2) is 79.9 Å². The topological polar surface area (TPSA) is 207 Å². The summed E-state index contributed by atoms with van der Waals surface area (Å²) in [5.41, 5.74) is -0.745. The SMILES string of the molecule is CSCC[C@H](NC(=O)CC(=O)[N+](c1ccc([N+](=O)[O-])cc1)(c1ccc([N+](=O)[O-])cc1)[C@H](CCSC)C(=O)O)C(=O)O. The summed E-state index contributed by atoms with van der Waals surface area (Å²) in [5.74, 6) is -4.00. The molecular weight excluding hydrogens is 580 g/mol. The average Bonchev–Trinajstić information content (AvgIpc) is 2.93. The van der Waals surface area contributed by atoms with Crippen LogP contribution in [-0.2, 0) is 19.2 Å². The Hall–Kier alpha value is -4.02. The molecule has 0 fully saturated rings. The third kappa shape index (κ3) is 8.02. The summed E-state index contributed by atoms with van der Waals surface area (Å²) in [6.45, 7) is 0. The van der Waals surface area contributed by atoms with Crippen molar-refractivity contribution in [3.05, 3.63) is 68.8 Å². The highest BCUT2D eigenvalue weighted by molar-refractivity contribution is 7.98. The number of thioether (sulfide) groups is 2. The van der Waals surface area contributed by atoms with Crippen molar-refractivity contribution in [1.82, 2.24) is 9.80 Å². The molecule has 0 aliphatic carbocycles. The van der Waals surface area contributed by atoms with Crippen LogP contribution in [0.25, 0.3) is 0 Å². The standard InChI is InChI=1S/C25H28N4O10S2/c1-40-13-11-20(24(32)33)26-22(30)15-23(31)29(21(25(34)35)12-14-41-2,18-7-3-16(4-8-18)27(36)37)19-9-5-17(6-10-19)28(38)39/h3-10,20-21H,11-15H2,1-2H3,(H2-,26,30,32,33,34,35)/p+1/t20-,21+/m0/s1. The molecule has 2 aromatic rings. The van der Waals surface area contributed by atoms with Crippen LogP contribution >= 0.6 is 23.5 Å². The van der Waals surface area contributed by atoms with Crippen LogP contribution in [0.3, 0.4) is 0 Å². The molecule has 0 saturated heterocycles. The number of aliphatic carboxylic acids is 2. The van der Waals surface area contributed by atoms with Crippen molar-refractivity contribution in [3.63, 3.8) is 0 Å². The molecule has 0 saturated carbocycles. The molecule has 14 nitrogen and oxygen atoms in total. The zero-order valence-electron chi connectivity index (χ0n) is 22.1. The second-order valence-electron chi connectivity index (χ2n) is 8.72. The Morgan fingerprint density at radius 1 is 0.805 bits per heavy atom. The molecule has 41 heavy (non-hydrogen) atoms. The smallest absolute Gasteiger partial charge is 0.363 e. The fraction of sp³-hybridized carbons (Fsp3) is 0.360. The van der Waals surface area contributed by atoms with Gasteiger partial charge in [-0.1, -0.05) is 0 Å². The van der Waals surface area contributed by atoms with Crippen LogP contribution in [0.4, 0.5) is 22.7 Å². The Balaban J connectivity index is 2.79. The van der Waals surface area contributed by atoms with Crippen molar-refractivity contribution in [1.29, 1.82) is 0 Å². The van der Waals surface area contributed by atoms with Gasteiger partial charge in [-0.2, -0.15) is 28.0 Å². The van der Waals surface area contributed by atoms with E-state index in [-0.39, 0.29) is 41.3 Å². The van der Waals surface area contributed by atoms with Gasteiger partial charge in [0, 0.05) is 55.0 Å². The predicted molar refractivity (Wildman–Crippen MR) is 154 cm³/mol. The molecule has 16 heteroatoms. The molecule has 0 aliphatic heterocycles. The van der Waals surface area contributed by atoms with Crippen molar-refractivity contribution < 1.29 is 39.2 Å². The number of nitrogens with zero attached hydrogens (tertiary/aromatic N) is 3. The van der Waals surface area contributed by atoms with Gasteiger partial charge < -0.3 is 15.5 Å². The normalized spacial score (nSPS) is 12.6. The van der Waals surface area contributed by atoms with Gasteiger partial charge in [-0.05, 0) is 30.4 Å². The maximum atomic E-state index is 14.2. The lowest BCUT2D eigenvalue weighted by Crippen LogP contribution is -2.61. The number of hydrogen-bond donors (Lipinski definition) is 3. The molecule has 2 atom stereocenters. The summed E-state index contributed by atoms with van der Waals surface area (Å²) in [7, 11) is 0. The molecule has 2 rings (SSSR count). The van der Waals surface area contributed by atoms with E-state index in [1.807, 2.05) is 0 Å². The number of nitrogens with one attached hydrogen (secondary N) is 1. The van der Waals surface area contributed by atoms with Crippen molar-refractivity contribution in [2.75, 3.05) is 24.0 Å². The lowest BCUT2D eigenvalue weighted by atomic mass is 10.0. The molecule has 0 aromatic heterocycles. The molecule has 0 bridgehead atoms. The van der Waals surface area contributed by atoms with Crippen LogP contribution in [0.2, 0.25) is 0 Å². The molecule has 3 N–H and O–H groups in total. The van der Waals surface area contributed by atoms with E-state index >= 15 is 0 Å². The number of carboxylic acid groups (broad SMARTS) is 2. The Morgan fingerprint density at radius 2 is 1.24 bits per heavy atom. The van der Waals surface area contributed by atoms with Crippen LogP contribution in [0, 0.1) is 20.2 Å². The predicted octanol–water partition coefficient (Wildman–Crippen LogP) is 3.59. The van der Waals surface area contributed by atoms with Gasteiger partial charge in [0.1, 0.15) is 23.8 Å². The summed E-state index contributed by atoms with van der Waals surface area (Å²) in [5, 5.41) is 44.8. The zero-order chi connectivity index (χ0) is 30.7. The van der Waals surface area contributed by atoms with Gasteiger partial charge in [-0.3, -0.25) is 25.0 Å². The summed E-state index contributed by atoms with van der Waals surface area (Å²) < 4.78 is -1.14. The molecule has 2 amide bonds. The molecular formula is C25H29N4O10S2+. The van der Waals surface area contributed by atoms with Crippen molar-refractivity contribution in [2.24, 2.45) is 0 Å². The van der Waals surface area contributed by atoms with E-state index in [1.165, 1.54) is 47.8 Å². The molecule has 220 valence electrons. The second-order valence-corrected chi connectivity index (χ2v) is 10.7. The highest BCUT2D eigenvalue weighted by Crippen LogP contribution is 2.41. The lowest BCUT2D eigenvalue weighted by Gasteiger charge is -2.39. The van der Waals surface area contributed by atoms with E-state index in [2.05, 4.69) is 5.32 Å². The maximum Gasteiger partial charge on any atom is 0.363 e. The number of hydrogen-bond acceptors (Lipinski definition) is 10. The minimum Gasteiger partial charge on any atom is -0.480 e. The highest BCUT2D eigenvalue weighted by atomic mass is 32.2. The third-order valence-electron chi connectivity index (χ3n) is 6.23. The summed E-state index contributed by atoms with van der Waals surface area (Å²) in [6.07, 6.45) is 2.52. The number of carbonyl (C=O) groups excluding carboxylic acids is 2. The Bertz CT molecular complexity index is 1230. The van der Waals surface area contributed by atoms with E-state index in [0.29, 0.717) is 5.75 Å².